The Morgan fingerprint density at radius 3 is 1.86 bits per heavy atom. The van der Waals surface area contributed by atoms with Crippen LogP contribution in [0.5, 0.6) is 0 Å². The number of rotatable bonds is 8. The number of hydrogen-bond acceptors (Lipinski definition) is 5. The summed E-state index contributed by atoms with van der Waals surface area (Å²) in [5, 5.41) is 9.50. The zero-order valence-electron chi connectivity index (χ0n) is 12.9. The van der Waals surface area contributed by atoms with Gasteiger partial charge in [-0.25, -0.2) is 0 Å². The van der Waals surface area contributed by atoms with E-state index in [4.69, 9.17) is 9.79 Å². The summed E-state index contributed by atoms with van der Waals surface area (Å²) < 4.78 is 10.9. The normalized spacial score (nSPS) is 15.4. The Kier molecular flexibility index (Phi) is 8.25. The van der Waals surface area contributed by atoms with Crippen molar-refractivity contribution in [1.82, 2.24) is 21.3 Å². The number of likely N-dealkylation sites (N-methyl/N-ethyl adjacent to an activating group) is 1. The highest BCUT2D eigenvalue weighted by Gasteiger charge is 2.28. The minimum absolute atomic E-state index is 0.0491. The first-order valence-corrected chi connectivity index (χ1v) is 8.27. The molecule has 0 rings (SSSR count). The molecule has 0 saturated heterocycles. The number of hydrogen-bond donors (Lipinski definition) is 6. The molecule has 0 aliphatic rings. The fourth-order valence-electron chi connectivity index (χ4n) is 1.34. The maximum Gasteiger partial charge on any atom is 0.347 e. The van der Waals surface area contributed by atoms with Crippen LogP contribution in [0.3, 0.4) is 0 Å². The van der Waals surface area contributed by atoms with Crippen LogP contribution in [0.4, 0.5) is 0 Å². The van der Waals surface area contributed by atoms with Gasteiger partial charge < -0.3 is 31.1 Å². The topological polar surface area (TPSA) is 157 Å². The maximum absolute atomic E-state index is 11.8. The van der Waals surface area contributed by atoms with Gasteiger partial charge >= 0.3 is 7.60 Å². The number of carbonyl (C=O) groups excluding carboxylic acids is 3. The van der Waals surface area contributed by atoms with Crippen LogP contribution in [0.2, 0.25) is 0 Å². The van der Waals surface area contributed by atoms with Gasteiger partial charge in [-0.15, -0.1) is 0 Å². The van der Waals surface area contributed by atoms with Gasteiger partial charge in [0.25, 0.3) is 0 Å². The molecule has 128 valence electrons. The third kappa shape index (κ3) is 7.51. The van der Waals surface area contributed by atoms with Crippen molar-refractivity contribution in [2.45, 2.75) is 38.6 Å². The summed E-state index contributed by atoms with van der Waals surface area (Å²) >= 11 is 0. The Balaban J connectivity index is 4.43. The molecule has 6 N–H and O–H groups in total. The van der Waals surface area contributed by atoms with Gasteiger partial charge in [0.05, 0.1) is 6.54 Å². The molecule has 0 bridgehead atoms. The van der Waals surface area contributed by atoms with E-state index in [0.29, 0.717) is 0 Å². The fourth-order valence-corrected chi connectivity index (χ4v) is 1.63. The van der Waals surface area contributed by atoms with Crippen molar-refractivity contribution in [3.8, 4) is 0 Å². The first-order chi connectivity index (χ1) is 9.98. The minimum atomic E-state index is -4.44. The van der Waals surface area contributed by atoms with E-state index in [1.807, 2.05) is 0 Å². The molecular weight excluding hydrogens is 315 g/mol. The average Bonchev–Trinajstić information content (AvgIpc) is 2.37. The highest BCUT2D eigenvalue weighted by atomic mass is 31.2. The van der Waals surface area contributed by atoms with Crippen molar-refractivity contribution in [3.05, 3.63) is 0 Å². The van der Waals surface area contributed by atoms with Gasteiger partial charge in [0, 0.05) is 0 Å². The van der Waals surface area contributed by atoms with Crippen molar-refractivity contribution in [2.75, 3.05) is 13.6 Å². The second-order valence-corrected chi connectivity index (χ2v) is 6.78. The van der Waals surface area contributed by atoms with E-state index in [-0.39, 0.29) is 12.5 Å². The molecule has 0 aromatic carbocycles. The monoisotopic (exact) mass is 338 g/mol. The molecule has 0 aliphatic carbocycles. The lowest BCUT2D eigenvalue weighted by molar-refractivity contribution is -0.131. The smallest absolute Gasteiger partial charge is 0.343 e. The molecule has 22 heavy (non-hydrogen) atoms. The molecule has 3 amide bonds. The summed E-state index contributed by atoms with van der Waals surface area (Å²) in [6, 6.07) is -1.86. The van der Waals surface area contributed by atoms with Gasteiger partial charge in [0.1, 0.15) is 17.9 Å². The van der Waals surface area contributed by atoms with E-state index >= 15 is 0 Å². The molecule has 0 heterocycles. The lowest BCUT2D eigenvalue weighted by Crippen LogP contribution is -2.53. The Morgan fingerprint density at radius 2 is 1.41 bits per heavy atom. The largest absolute Gasteiger partial charge is 0.347 e. The second kappa shape index (κ2) is 8.84. The van der Waals surface area contributed by atoms with Gasteiger partial charge in [0.15, 0.2) is 0 Å². The second-order valence-electron chi connectivity index (χ2n) is 4.82. The van der Waals surface area contributed by atoms with Gasteiger partial charge in [0.2, 0.25) is 17.7 Å². The van der Waals surface area contributed by atoms with Crippen molar-refractivity contribution in [3.63, 3.8) is 0 Å². The molecule has 0 aromatic rings. The zero-order chi connectivity index (χ0) is 17.5. The molecule has 11 heteroatoms. The molecule has 1 unspecified atom stereocenters. The van der Waals surface area contributed by atoms with Crippen molar-refractivity contribution in [2.24, 2.45) is 0 Å². The zero-order valence-corrected chi connectivity index (χ0v) is 13.8. The average molecular weight is 338 g/mol. The molecule has 0 aliphatic heterocycles. The molecule has 0 spiro atoms. The van der Waals surface area contributed by atoms with Crippen LogP contribution in [-0.2, 0) is 18.9 Å². The first kappa shape index (κ1) is 20.5. The Hall–Kier alpha value is -1.48. The van der Waals surface area contributed by atoms with E-state index in [1.54, 1.807) is 7.05 Å². The van der Waals surface area contributed by atoms with Gasteiger partial charge in [-0.1, -0.05) is 0 Å². The van der Waals surface area contributed by atoms with E-state index in [9.17, 15) is 18.9 Å². The molecule has 0 saturated carbocycles. The lowest BCUT2D eigenvalue weighted by Gasteiger charge is -2.21. The molecule has 3 atom stereocenters. The van der Waals surface area contributed by atoms with Crippen LogP contribution in [-0.4, -0.2) is 59.0 Å². The minimum Gasteiger partial charge on any atom is -0.343 e. The maximum atomic E-state index is 11.8. The van der Waals surface area contributed by atoms with E-state index < -0.39 is 37.3 Å². The third-order valence-electron chi connectivity index (χ3n) is 2.72. The third-order valence-corrected chi connectivity index (χ3v) is 3.85. The Labute approximate surface area is 128 Å². The summed E-state index contributed by atoms with van der Waals surface area (Å²) in [6.07, 6.45) is 0. The summed E-state index contributed by atoms with van der Waals surface area (Å²) in [7, 11) is -2.86. The summed E-state index contributed by atoms with van der Waals surface area (Å²) in [6.45, 7) is 4.02. The van der Waals surface area contributed by atoms with Gasteiger partial charge in [-0.3, -0.25) is 18.9 Å². The van der Waals surface area contributed by atoms with Gasteiger partial charge in [-0.2, -0.15) is 0 Å². The highest BCUT2D eigenvalue weighted by molar-refractivity contribution is 7.52. The fraction of sp³-hybridized carbons (Fsp3) is 0.727. The SMILES string of the molecule is CNCC(=O)N[C@@H](C)C(=O)N[C@@H](C)C(=O)NC(C)P(=O)(O)O. The number of carbonyl (C=O) groups is 3. The summed E-state index contributed by atoms with van der Waals surface area (Å²) in [5.41, 5.74) is 0. The van der Waals surface area contributed by atoms with E-state index in [1.165, 1.54) is 13.8 Å². The van der Waals surface area contributed by atoms with Crippen LogP contribution in [0, 0.1) is 0 Å². The van der Waals surface area contributed by atoms with Crippen LogP contribution < -0.4 is 21.3 Å². The van der Waals surface area contributed by atoms with Crippen molar-refractivity contribution < 1.29 is 28.7 Å². The van der Waals surface area contributed by atoms with Crippen LogP contribution >= 0.6 is 7.60 Å². The summed E-state index contributed by atoms with van der Waals surface area (Å²) in [5.74, 6) is -3.06. The first-order valence-electron chi connectivity index (χ1n) is 6.59. The van der Waals surface area contributed by atoms with Crippen LogP contribution in [0.25, 0.3) is 0 Å². The van der Waals surface area contributed by atoms with Gasteiger partial charge in [-0.05, 0) is 27.8 Å². The van der Waals surface area contributed by atoms with Crippen LogP contribution in [0.1, 0.15) is 20.8 Å². The molecule has 0 fully saturated rings. The molecular formula is C11H23N4O6P. The van der Waals surface area contributed by atoms with E-state index in [0.717, 1.165) is 6.92 Å². The number of amides is 3. The van der Waals surface area contributed by atoms with Crippen molar-refractivity contribution >= 4 is 25.3 Å². The summed E-state index contributed by atoms with van der Waals surface area (Å²) in [4.78, 5) is 52.6. The standard InChI is InChI=1S/C11H23N4O6P/c1-6(13-9(16)5-12-4)10(17)14-7(2)11(18)15-8(3)22(19,20)21/h6-8,12H,5H2,1-4H3,(H,13,16)(H,14,17)(H,15,18)(H2,19,20,21)/t6-,7-,8?/m0/s1. The van der Waals surface area contributed by atoms with Crippen molar-refractivity contribution in [1.29, 1.82) is 0 Å². The predicted molar refractivity (Wildman–Crippen MR) is 78.8 cm³/mol. The van der Waals surface area contributed by atoms with Crippen LogP contribution in [0.15, 0.2) is 0 Å². The number of nitrogens with one attached hydrogen (secondary N) is 4. The quantitative estimate of drug-likeness (QED) is 0.276. The Bertz CT molecular complexity index is 465. The molecule has 0 radical (unpaired) electrons. The lowest BCUT2D eigenvalue weighted by atomic mass is 10.2. The highest BCUT2D eigenvalue weighted by Crippen LogP contribution is 2.38. The molecule has 0 aromatic heterocycles. The molecule has 10 nitrogen and oxygen atoms in total. The predicted octanol–water partition coefficient (Wildman–Crippen LogP) is -2.14. The Morgan fingerprint density at radius 1 is 0.955 bits per heavy atom. The van der Waals surface area contributed by atoms with E-state index in [2.05, 4.69) is 21.3 Å².